The lowest BCUT2D eigenvalue weighted by Gasteiger charge is -2.24. The summed E-state index contributed by atoms with van der Waals surface area (Å²) in [4.78, 5) is 11.8. The smallest absolute Gasteiger partial charge is 0.348 e. The second kappa shape index (κ2) is 7.64. The number of ether oxygens (including phenoxy) is 1. The van der Waals surface area contributed by atoms with Crippen LogP contribution in [-0.2, 0) is 23.1 Å². The molecule has 0 saturated carbocycles. The van der Waals surface area contributed by atoms with E-state index in [0.29, 0.717) is 5.57 Å². The Hall–Kier alpha value is -0.640. The third-order valence-electron chi connectivity index (χ3n) is 1.91. The average Bonchev–Trinajstić information content (AvgIpc) is 2.17. The Labute approximate surface area is 103 Å². The van der Waals surface area contributed by atoms with E-state index in [0.717, 1.165) is 0 Å². The molecule has 5 nitrogen and oxygen atoms in total. The van der Waals surface area contributed by atoms with E-state index < -0.39 is 19.2 Å². The van der Waals surface area contributed by atoms with Crippen molar-refractivity contribution in [2.45, 2.75) is 33.4 Å². The molecule has 0 aliphatic carbocycles. The van der Waals surface area contributed by atoms with Gasteiger partial charge in [-0.15, -0.1) is 0 Å². The van der Waals surface area contributed by atoms with Crippen molar-refractivity contribution in [2.75, 3.05) is 19.8 Å². The van der Waals surface area contributed by atoms with E-state index in [1.165, 1.54) is 0 Å². The van der Waals surface area contributed by atoms with E-state index in [1.807, 2.05) is 0 Å². The normalized spacial score (nSPS) is 13.2. The van der Waals surface area contributed by atoms with E-state index in [1.54, 1.807) is 27.7 Å². The molecule has 0 heterocycles. The number of rotatable bonds is 8. The minimum absolute atomic E-state index is 0.195. The van der Waals surface area contributed by atoms with Crippen LogP contribution in [0.5, 0.6) is 0 Å². The van der Waals surface area contributed by atoms with Gasteiger partial charge in [-0.25, -0.2) is 0 Å². The zero-order valence-corrected chi connectivity index (χ0v) is 11.8. The van der Waals surface area contributed by atoms with Gasteiger partial charge in [0.25, 0.3) is 0 Å². The lowest BCUT2D eigenvalue weighted by molar-refractivity contribution is -0.142. The molecular formula is C11H21O5P. The maximum Gasteiger partial charge on any atom is 0.348 e. The van der Waals surface area contributed by atoms with Crippen molar-refractivity contribution in [3.63, 3.8) is 0 Å². The molecule has 6 heteroatoms. The van der Waals surface area contributed by atoms with Gasteiger partial charge in [0.05, 0.1) is 19.8 Å². The van der Waals surface area contributed by atoms with Gasteiger partial charge in [-0.2, -0.15) is 0 Å². The van der Waals surface area contributed by atoms with Crippen LogP contribution >= 0.6 is 7.60 Å². The predicted molar refractivity (Wildman–Crippen MR) is 66.1 cm³/mol. The summed E-state index contributed by atoms with van der Waals surface area (Å²) in [7, 11) is -3.55. The number of carbonyl (C=O) groups is 1. The van der Waals surface area contributed by atoms with Gasteiger partial charge in [0, 0.05) is 0 Å². The topological polar surface area (TPSA) is 61.8 Å². The largest absolute Gasteiger partial charge is 0.465 e. The molecule has 0 bridgehead atoms. The molecule has 17 heavy (non-hydrogen) atoms. The summed E-state index contributed by atoms with van der Waals surface area (Å²) >= 11 is 0. The van der Waals surface area contributed by atoms with Crippen molar-refractivity contribution in [1.29, 1.82) is 0 Å². The summed E-state index contributed by atoms with van der Waals surface area (Å²) in [6.07, 6.45) is 0. The fourth-order valence-electron chi connectivity index (χ4n) is 1.37. The van der Waals surface area contributed by atoms with Crippen LogP contribution in [0.4, 0.5) is 0 Å². The Morgan fingerprint density at radius 3 is 1.94 bits per heavy atom. The zero-order chi connectivity index (χ0) is 13.5. The first-order chi connectivity index (χ1) is 7.92. The Kier molecular flexibility index (Phi) is 7.35. The van der Waals surface area contributed by atoms with Crippen molar-refractivity contribution in [1.82, 2.24) is 0 Å². The highest BCUT2D eigenvalue weighted by atomic mass is 31.2. The van der Waals surface area contributed by atoms with Crippen LogP contribution in [0.1, 0.15) is 27.7 Å². The maximum atomic E-state index is 12.5. The van der Waals surface area contributed by atoms with E-state index in [2.05, 4.69) is 6.58 Å². The molecule has 100 valence electrons. The zero-order valence-electron chi connectivity index (χ0n) is 10.9. The highest BCUT2D eigenvalue weighted by molar-refractivity contribution is 7.56. The number of hydrogen-bond donors (Lipinski definition) is 0. The first-order valence-corrected chi connectivity index (χ1v) is 7.24. The molecule has 0 aliphatic rings. The minimum Gasteiger partial charge on any atom is -0.465 e. The summed E-state index contributed by atoms with van der Waals surface area (Å²) in [5.41, 5.74) is -0.643. The van der Waals surface area contributed by atoms with Gasteiger partial charge in [0.15, 0.2) is 5.66 Å². The SMILES string of the molecule is C=C(C)C(C(=O)OCC)P(=O)(OCC)OCC. The quantitative estimate of drug-likeness (QED) is 0.383. The van der Waals surface area contributed by atoms with Gasteiger partial charge in [-0.1, -0.05) is 12.2 Å². The predicted octanol–water partition coefficient (Wildman–Crippen LogP) is 2.76. The monoisotopic (exact) mass is 264 g/mol. The Bertz CT molecular complexity index is 303. The molecule has 0 fully saturated rings. The van der Waals surface area contributed by atoms with Crippen LogP contribution < -0.4 is 0 Å². The average molecular weight is 264 g/mol. The molecule has 0 aromatic heterocycles. The molecule has 0 amide bonds. The molecule has 0 spiro atoms. The van der Waals surface area contributed by atoms with Crippen molar-refractivity contribution < 1.29 is 23.1 Å². The lowest BCUT2D eigenvalue weighted by atomic mass is 10.2. The van der Waals surface area contributed by atoms with Crippen molar-refractivity contribution in [3.8, 4) is 0 Å². The lowest BCUT2D eigenvalue weighted by Crippen LogP contribution is -2.26. The second-order valence-electron chi connectivity index (χ2n) is 3.38. The Morgan fingerprint density at radius 1 is 1.18 bits per heavy atom. The van der Waals surface area contributed by atoms with E-state index >= 15 is 0 Å². The van der Waals surface area contributed by atoms with Gasteiger partial charge >= 0.3 is 13.6 Å². The Morgan fingerprint density at radius 2 is 1.65 bits per heavy atom. The fraction of sp³-hybridized carbons (Fsp3) is 0.727. The first kappa shape index (κ1) is 16.4. The summed E-state index contributed by atoms with van der Waals surface area (Å²) in [5, 5.41) is 0. The van der Waals surface area contributed by atoms with Crippen molar-refractivity contribution >= 4 is 13.6 Å². The summed E-state index contributed by atoms with van der Waals surface area (Å²) in [6, 6.07) is 0. The van der Waals surface area contributed by atoms with Crippen LogP contribution in [0, 0.1) is 0 Å². The number of esters is 1. The van der Waals surface area contributed by atoms with E-state index in [4.69, 9.17) is 13.8 Å². The molecule has 0 radical (unpaired) electrons. The summed E-state index contributed by atoms with van der Waals surface area (Å²) in [5.74, 6) is -0.620. The van der Waals surface area contributed by atoms with Crippen molar-refractivity contribution in [3.05, 3.63) is 12.2 Å². The molecule has 0 rings (SSSR count). The van der Waals surface area contributed by atoms with Gasteiger partial charge in [0.2, 0.25) is 0 Å². The Balaban J connectivity index is 5.16. The molecule has 0 N–H and O–H groups in total. The molecular weight excluding hydrogens is 243 g/mol. The van der Waals surface area contributed by atoms with Gasteiger partial charge in [0.1, 0.15) is 0 Å². The standard InChI is InChI=1S/C11H21O5P/c1-6-14-11(12)10(9(4)5)17(13,15-7-2)16-8-3/h10H,4,6-8H2,1-3,5H3. The highest BCUT2D eigenvalue weighted by Gasteiger charge is 2.42. The summed E-state index contributed by atoms with van der Waals surface area (Å²) < 4.78 is 27.6. The van der Waals surface area contributed by atoms with Crippen LogP contribution in [0.2, 0.25) is 0 Å². The maximum absolute atomic E-state index is 12.5. The first-order valence-electron chi connectivity index (χ1n) is 5.63. The molecule has 0 aromatic rings. The van der Waals surface area contributed by atoms with Gasteiger partial charge < -0.3 is 13.8 Å². The van der Waals surface area contributed by atoms with Crippen LogP contribution in [-0.4, -0.2) is 31.4 Å². The highest BCUT2D eigenvalue weighted by Crippen LogP contribution is 2.55. The van der Waals surface area contributed by atoms with Crippen LogP contribution in [0.15, 0.2) is 12.2 Å². The van der Waals surface area contributed by atoms with E-state index in [-0.39, 0.29) is 19.8 Å². The number of carbonyl (C=O) groups excluding carboxylic acids is 1. The van der Waals surface area contributed by atoms with Crippen molar-refractivity contribution in [2.24, 2.45) is 0 Å². The van der Waals surface area contributed by atoms with E-state index in [9.17, 15) is 9.36 Å². The molecule has 0 saturated heterocycles. The second-order valence-corrected chi connectivity index (χ2v) is 5.49. The molecule has 1 unspecified atom stereocenters. The number of hydrogen-bond acceptors (Lipinski definition) is 5. The molecule has 1 atom stereocenters. The fourth-order valence-corrected chi connectivity index (χ4v) is 3.33. The van der Waals surface area contributed by atoms with Gasteiger partial charge in [-0.3, -0.25) is 9.36 Å². The van der Waals surface area contributed by atoms with Gasteiger partial charge in [-0.05, 0) is 27.7 Å². The molecule has 0 aromatic carbocycles. The van der Waals surface area contributed by atoms with Crippen LogP contribution in [0.3, 0.4) is 0 Å². The third kappa shape index (κ3) is 4.62. The van der Waals surface area contributed by atoms with Crippen LogP contribution in [0.25, 0.3) is 0 Å². The minimum atomic E-state index is -3.55. The molecule has 0 aliphatic heterocycles. The third-order valence-corrected chi connectivity index (χ3v) is 4.43. The summed E-state index contributed by atoms with van der Waals surface area (Å²) in [6.45, 7) is 10.9.